The van der Waals surface area contributed by atoms with Crippen LogP contribution in [0.4, 0.5) is 0 Å². The zero-order valence-electron chi connectivity index (χ0n) is 15.6. The summed E-state index contributed by atoms with van der Waals surface area (Å²) in [6.45, 7) is 3.97. The highest BCUT2D eigenvalue weighted by atomic mass is 16.5. The van der Waals surface area contributed by atoms with Crippen molar-refractivity contribution < 1.29 is 19.1 Å². The zero-order valence-corrected chi connectivity index (χ0v) is 15.6. The first-order valence-corrected chi connectivity index (χ1v) is 9.84. The quantitative estimate of drug-likeness (QED) is 0.724. The molecule has 0 N–H and O–H groups in total. The maximum atomic E-state index is 13.2. The van der Waals surface area contributed by atoms with Crippen LogP contribution in [-0.2, 0) is 9.53 Å². The van der Waals surface area contributed by atoms with E-state index in [9.17, 15) is 9.59 Å². The van der Waals surface area contributed by atoms with Gasteiger partial charge < -0.3 is 9.47 Å². The molecule has 4 bridgehead atoms. The Morgan fingerprint density at radius 1 is 1.19 bits per heavy atom. The van der Waals surface area contributed by atoms with Crippen LogP contribution in [0.1, 0.15) is 62.7 Å². The van der Waals surface area contributed by atoms with Crippen LogP contribution in [0.15, 0.2) is 18.3 Å². The number of aromatic nitrogens is 1. The first-order chi connectivity index (χ1) is 12.5. The van der Waals surface area contributed by atoms with Gasteiger partial charge in [0.1, 0.15) is 5.56 Å². The number of hydrogen-bond donors (Lipinski definition) is 0. The Hall–Kier alpha value is -1.91. The molecular formula is C21H27NO4. The Labute approximate surface area is 154 Å². The minimum absolute atomic E-state index is 0.117. The Balaban J connectivity index is 1.47. The smallest absolute Gasteiger partial charge is 0.344 e. The largest absolute Gasteiger partial charge is 0.477 e. The number of pyridine rings is 1. The molecule has 4 fully saturated rings. The van der Waals surface area contributed by atoms with Gasteiger partial charge >= 0.3 is 5.97 Å². The number of ether oxygens (including phenoxy) is 2. The Morgan fingerprint density at radius 3 is 2.38 bits per heavy atom. The molecule has 0 saturated heterocycles. The van der Waals surface area contributed by atoms with Crippen molar-refractivity contribution in [2.45, 2.75) is 58.5 Å². The number of nitrogens with zero attached hydrogens (tertiary/aromatic N) is 1. The van der Waals surface area contributed by atoms with Gasteiger partial charge in [-0.2, -0.15) is 0 Å². The minimum Gasteiger partial charge on any atom is -0.477 e. The molecule has 4 aliphatic rings. The molecule has 0 amide bonds. The number of hydrogen-bond acceptors (Lipinski definition) is 5. The van der Waals surface area contributed by atoms with Gasteiger partial charge in [-0.3, -0.25) is 4.79 Å². The predicted octanol–water partition coefficient (Wildman–Crippen LogP) is 3.81. The lowest BCUT2D eigenvalue weighted by Gasteiger charge is -2.56. The van der Waals surface area contributed by atoms with Crippen molar-refractivity contribution in [3.63, 3.8) is 0 Å². The number of rotatable bonds is 6. The molecule has 0 unspecified atom stereocenters. The van der Waals surface area contributed by atoms with Crippen LogP contribution in [0.3, 0.4) is 0 Å². The highest BCUT2D eigenvalue weighted by molar-refractivity contribution is 5.96. The molecular weight excluding hydrogens is 330 g/mol. The number of ketones is 1. The number of carbonyl (C=O) groups is 2. The average Bonchev–Trinajstić information content (AvgIpc) is 2.60. The fraction of sp³-hybridized carbons (Fsp3) is 0.667. The van der Waals surface area contributed by atoms with Crippen LogP contribution in [0.2, 0.25) is 0 Å². The van der Waals surface area contributed by atoms with Crippen LogP contribution >= 0.6 is 0 Å². The van der Waals surface area contributed by atoms with E-state index in [-0.39, 0.29) is 22.6 Å². The molecule has 1 atom stereocenters. The summed E-state index contributed by atoms with van der Waals surface area (Å²) in [5.74, 6) is 1.91. The van der Waals surface area contributed by atoms with E-state index in [1.165, 1.54) is 19.3 Å². The van der Waals surface area contributed by atoms with Crippen molar-refractivity contribution in [3.05, 3.63) is 23.9 Å². The fourth-order valence-electron chi connectivity index (χ4n) is 5.92. The third kappa shape index (κ3) is 3.01. The summed E-state index contributed by atoms with van der Waals surface area (Å²) in [7, 11) is 0. The van der Waals surface area contributed by atoms with Crippen LogP contribution in [-0.4, -0.2) is 29.4 Å². The molecule has 1 aromatic rings. The summed E-state index contributed by atoms with van der Waals surface area (Å²) in [5.41, 5.74) is 0.0195. The molecule has 140 valence electrons. The minimum atomic E-state index is -0.728. The van der Waals surface area contributed by atoms with Crippen molar-refractivity contribution in [1.29, 1.82) is 0 Å². The van der Waals surface area contributed by atoms with E-state index < -0.39 is 12.1 Å². The summed E-state index contributed by atoms with van der Waals surface area (Å²) in [5, 5.41) is 0. The monoisotopic (exact) mass is 357 g/mol. The van der Waals surface area contributed by atoms with Gasteiger partial charge in [-0.1, -0.05) is 0 Å². The highest BCUT2D eigenvalue weighted by Crippen LogP contribution is 2.60. The van der Waals surface area contributed by atoms with Crippen molar-refractivity contribution in [1.82, 2.24) is 4.98 Å². The van der Waals surface area contributed by atoms with Crippen LogP contribution in [0.25, 0.3) is 0 Å². The van der Waals surface area contributed by atoms with E-state index in [0.717, 1.165) is 19.3 Å². The van der Waals surface area contributed by atoms with Crippen molar-refractivity contribution in [3.8, 4) is 5.88 Å². The topological polar surface area (TPSA) is 65.5 Å². The van der Waals surface area contributed by atoms with E-state index in [1.807, 2.05) is 6.92 Å². The maximum Gasteiger partial charge on any atom is 0.344 e. The molecule has 5 nitrogen and oxygen atoms in total. The van der Waals surface area contributed by atoms with Gasteiger partial charge in [0.25, 0.3) is 0 Å². The van der Waals surface area contributed by atoms with Gasteiger partial charge in [-0.25, -0.2) is 9.78 Å². The van der Waals surface area contributed by atoms with Gasteiger partial charge in [-0.05, 0) is 82.3 Å². The van der Waals surface area contributed by atoms with Crippen LogP contribution in [0, 0.1) is 23.2 Å². The third-order valence-electron chi connectivity index (χ3n) is 6.49. The van der Waals surface area contributed by atoms with Crippen molar-refractivity contribution in [2.24, 2.45) is 23.2 Å². The lowest BCUT2D eigenvalue weighted by atomic mass is 9.48. The van der Waals surface area contributed by atoms with E-state index in [4.69, 9.17) is 9.47 Å². The van der Waals surface area contributed by atoms with E-state index in [1.54, 1.807) is 25.3 Å². The molecule has 4 aliphatic carbocycles. The number of carbonyl (C=O) groups excluding carboxylic acids is 2. The fourth-order valence-corrected chi connectivity index (χ4v) is 5.92. The molecule has 0 spiro atoms. The first-order valence-electron chi connectivity index (χ1n) is 9.84. The zero-order chi connectivity index (χ0) is 18.3. The molecule has 0 aromatic carbocycles. The normalized spacial score (nSPS) is 32.9. The SMILES string of the molecule is CCOc1ncccc1C(=O)O[C@@H](C)C(=O)C12CC3CC(CC(C3)C1)C2. The van der Waals surface area contributed by atoms with E-state index in [0.29, 0.717) is 24.4 Å². The predicted molar refractivity (Wildman–Crippen MR) is 95.9 cm³/mol. The van der Waals surface area contributed by atoms with E-state index >= 15 is 0 Å². The Bertz CT molecular complexity index is 678. The molecule has 5 rings (SSSR count). The summed E-state index contributed by atoms with van der Waals surface area (Å²) < 4.78 is 11.0. The second-order valence-corrected chi connectivity index (χ2v) is 8.40. The second kappa shape index (κ2) is 6.67. The lowest BCUT2D eigenvalue weighted by Crippen LogP contribution is -2.52. The van der Waals surface area contributed by atoms with Crippen LogP contribution < -0.4 is 4.74 Å². The summed E-state index contributed by atoms with van der Waals surface area (Å²) in [4.78, 5) is 29.9. The van der Waals surface area contributed by atoms with Gasteiger partial charge in [0.2, 0.25) is 5.88 Å². The highest BCUT2D eigenvalue weighted by Gasteiger charge is 2.55. The summed E-state index contributed by atoms with van der Waals surface area (Å²) in [6, 6.07) is 3.30. The van der Waals surface area contributed by atoms with E-state index in [2.05, 4.69) is 4.98 Å². The molecule has 1 heterocycles. The molecule has 0 aliphatic heterocycles. The van der Waals surface area contributed by atoms with Crippen molar-refractivity contribution >= 4 is 11.8 Å². The Kier molecular flexibility index (Phi) is 4.49. The second-order valence-electron chi connectivity index (χ2n) is 8.40. The number of esters is 1. The molecule has 4 saturated carbocycles. The summed E-state index contributed by atoms with van der Waals surface area (Å²) in [6.07, 6.45) is 7.65. The van der Waals surface area contributed by atoms with Gasteiger partial charge in [0, 0.05) is 11.6 Å². The number of Topliss-reactive ketones (excluding diaryl/α,β-unsaturated/α-hetero) is 1. The van der Waals surface area contributed by atoms with Gasteiger partial charge in [-0.15, -0.1) is 0 Å². The maximum absolute atomic E-state index is 13.2. The van der Waals surface area contributed by atoms with Gasteiger partial charge in [0.05, 0.1) is 6.61 Å². The lowest BCUT2D eigenvalue weighted by molar-refractivity contribution is -0.152. The standard InChI is InChI=1S/C21H27NO4/c1-3-25-19-17(5-4-6-22-19)20(24)26-13(2)18(23)21-10-14-7-15(11-21)9-16(8-14)12-21/h4-6,13-16H,3,7-12H2,1-2H3/t13-,14?,15?,16?,21?/m0/s1. The molecule has 1 aromatic heterocycles. The van der Waals surface area contributed by atoms with Crippen molar-refractivity contribution in [2.75, 3.05) is 6.61 Å². The molecule has 0 radical (unpaired) electrons. The first kappa shape index (κ1) is 17.5. The molecule has 5 heteroatoms. The average molecular weight is 357 g/mol. The Morgan fingerprint density at radius 2 is 1.81 bits per heavy atom. The summed E-state index contributed by atoms with van der Waals surface area (Å²) >= 11 is 0. The van der Waals surface area contributed by atoms with Crippen LogP contribution in [0.5, 0.6) is 5.88 Å². The van der Waals surface area contributed by atoms with Gasteiger partial charge in [0.15, 0.2) is 11.9 Å². The molecule has 26 heavy (non-hydrogen) atoms. The third-order valence-corrected chi connectivity index (χ3v) is 6.49.